The van der Waals surface area contributed by atoms with E-state index in [-0.39, 0.29) is 11.1 Å². The highest BCUT2D eigenvalue weighted by atomic mass is 32.1. The third-order valence-electron chi connectivity index (χ3n) is 7.39. The summed E-state index contributed by atoms with van der Waals surface area (Å²) in [6, 6.07) is 21.8. The molecule has 1 unspecified atom stereocenters. The highest BCUT2D eigenvalue weighted by Gasteiger charge is 2.34. The molecular weight excluding hydrogens is 508 g/mol. The molecule has 1 N–H and O–H groups in total. The maximum Gasteiger partial charge on any atom is 0.253 e. The Labute approximate surface area is 232 Å². The number of aromatic nitrogens is 5. The third kappa shape index (κ3) is 5.79. The van der Waals surface area contributed by atoms with Crippen molar-refractivity contribution in [2.45, 2.75) is 51.7 Å². The fourth-order valence-electron chi connectivity index (χ4n) is 4.80. The number of methoxy groups -OCH3 is 1. The number of fused-ring (bicyclic) bond motifs is 1. The minimum Gasteiger partial charge on any atom is -0.497 e. The van der Waals surface area contributed by atoms with Crippen LogP contribution in [0.15, 0.2) is 76.9 Å². The van der Waals surface area contributed by atoms with Crippen molar-refractivity contribution in [2.75, 3.05) is 13.7 Å². The van der Waals surface area contributed by atoms with Gasteiger partial charge in [-0.15, -0.1) is 16.4 Å². The molecule has 0 radical (unpaired) electrons. The monoisotopic (exact) mass is 542 g/mol. The molecule has 0 saturated carbocycles. The fourth-order valence-corrected chi connectivity index (χ4v) is 5.53. The number of nitrogens with zero attached hydrogens (tertiary/aromatic N) is 5. The number of H-pyrrole nitrogens is 1. The van der Waals surface area contributed by atoms with E-state index >= 15 is 0 Å². The van der Waals surface area contributed by atoms with E-state index in [1.807, 2.05) is 35.0 Å². The van der Waals surface area contributed by atoms with Gasteiger partial charge in [0.15, 0.2) is 5.82 Å². The van der Waals surface area contributed by atoms with E-state index in [9.17, 15) is 4.79 Å². The summed E-state index contributed by atoms with van der Waals surface area (Å²) in [5, 5.41) is 16.1. The molecule has 0 aliphatic carbocycles. The molecule has 0 fully saturated rings. The average molecular weight is 543 g/mol. The number of hydrogen-bond acceptors (Lipinski definition) is 7. The van der Waals surface area contributed by atoms with Crippen molar-refractivity contribution in [3.05, 3.63) is 104 Å². The Hall–Kier alpha value is -3.82. The largest absolute Gasteiger partial charge is 0.497 e. The summed E-state index contributed by atoms with van der Waals surface area (Å²) in [6.45, 7) is 7.72. The van der Waals surface area contributed by atoms with E-state index in [1.165, 1.54) is 10.4 Å². The number of benzene rings is 2. The molecule has 0 aliphatic heterocycles. The molecule has 5 aromatic rings. The van der Waals surface area contributed by atoms with E-state index in [1.54, 1.807) is 18.4 Å². The molecule has 0 spiro atoms. The number of tetrazole rings is 1. The number of ether oxygens (including phenoxy) is 1. The lowest BCUT2D eigenvalue weighted by Gasteiger charge is -2.33. The van der Waals surface area contributed by atoms with Gasteiger partial charge in [0.1, 0.15) is 11.8 Å². The third-order valence-corrected chi connectivity index (χ3v) is 8.25. The number of hydrogen-bond donors (Lipinski definition) is 1. The van der Waals surface area contributed by atoms with Crippen LogP contribution in [-0.2, 0) is 18.5 Å². The van der Waals surface area contributed by atoms with Crippen LogP contribution in [0, 0.1) is 0 Å². The first-order valence-corrected chi connectivity index (χ1v) is 14.1. The molecule has 0 bridgehead atoms. The normalized spacial score (nSPS) is 12.7. The summed E-state index contributed by atoms with van der Waals surface area (Å²) in [4.78, 5) is 20.4. The van der Waals surface area contributed by atoms with E-state index < -0.39 is 6.04 Å². The Morgan fingerprint density at radius 2 is 1.92 bits per heavy atom. The maximum atomic E-state index is 13.7. The van der Waals surface area contributed by atoms with E-state index in [4.69, 9.17) is 4.74 Å². The van der Waals surface area contributed by atoms with Gasteiger partial charge in [-0.05, 0) is 78.4 Å². The molecule has 202 valence electrons. The van der Waals surface area contributed by atoms with Gasteiger partial charge in [-0.25, -0.2) is 4.68 Å². The Balaban J connectivity index is 1.69. The fraction of sp³-hybridized carbons (Fsp3) is 0.333. The van der Waals surface area contributed by atoms with Crippen molar-refractivity contribution in [3.63, 3.8) is 0 Å². The summed E-state index contributed by atoms with van der Waals surface area (Å²) < 4.78 is 7.36. The van der Waals surface area contributed by atoms with Crippen LogP contribution in [0.25, 0.3) is 10.9 Å². The van der Waals surface area contributed by atoms with Crippen LogP contribution < -0.4 is 10.3 Å². The first-order chi connectivity index (χ1) is 18.9. The van der Waals surface area contributed by atoms with Crippen LogP contribution in [0.3, 0.4) is 0 Å². The standard InChI is InChI=1S/C30H34N6O2S/c1-5-30(2,3)36-28(32-33-34-36)27(25-19-22-18-23(38-4)13-14-26(22)31-29(25)37)35(20-24-12-9-17-39-24)16-15-21-10-7-6-8-11-21/h6-14,17-19,27H,5,15-16,20H2,1-4H3,(H,31,37). The molecule has 0 amide bonds. The Bertz CT molecular complexity index is 1580. The molecule has 39 heavy (non-hydrogen) atoms. The molecule has 0 saturated heterocycles. The maximum absolute atomic E-state index is 13.7. The molecule has 8 nitrogen and oxygen atoms in total. The van der Waals surface area contributed by atoms with E-state index in [2.05, 4.69) is 88.0 Å². The van der Waals surface area contributed by atoms with Gasteiger partial charge in [-0.2, -0.15) is 0 Å². The summed E-state index contributed by atoms with van der Waals surface area (Å²) in [7, 11) is 1.64. The average Bonchev–Trinajstić information content (AvgIpc) is 3.65. The number of nitrogens with one attached hydrogen (secondary N) is 1. The molecule has 3 heterocycles. The van der Waals surface area contributed by atoms with E-state index in [0.29, 0.717) is 24.5 Å². The second-order valence-electron chi connectivity index (χ2n) is 10.3. The summed E-state index contributed by atoms with van der Waals surface area (Å²) >= 11 is 1.71. The topological polar surface area (TPSA) is 88.9 Å². The van der Waals surface area contributed by atoms with Crippen molar-refractivity contribution in [3.8, 4) is 5.75 Å². The zero-order chi connectivity index (χ0) is 27.4. The number of pyridine rings is 1. The van der Waals surface area contributed by atoms with Crippen LogP contribution in [-0.4, -0.2) is 43.7 Å². The van der Waals surface area contributed by atoms with Gasteiger partial charge in [-0.1, -0.05) is 43.3 Å². The van der Waals surface area contributed by atoms with Gasteiger partial charge in [0.2, 0.25) is 0 Å². The van der Waals surface area contributed by atoms with Crippen LogP contribution in [0.4, 0.5) is 0 Å². The minimum absolute atomic E-state index is 0.155. The molecule has 3 aromatic heterocycles. The highest BCUT2D eigenvalue weighted by molar-refractivity contribution is 7.09. The predicted octanol–water partition coefficient (Wildman–Crippen LogP) is 5.56. The Morgan fingerprint density at radius 1 is 1.10 bits per heavy atom. The lowest BCUT2D eigenvalue weighted by molar-refractivity contribution is 0.191. The first kappa shape index (κ1) is 26.8. The Morgan fingerprint density at radius 3 is 2.64 bits per heavy atom. The zero-order valence-electron chi connectivity index (χ0n) is 22.8. The molecule has 5 rings (SSSR count). The smallest absolute Gasteiger partial charge is 0.253 e. The number of rotatable bonds is 11. The number of aromatic amines is 1. The molecule has 1 atom stereocenters. The predicted molar refractivity (Wildman–Crippen MR) is 155 cm³/mol. The van der Waals surface area contributed by atoms with Gasteiger partial charge in [-0.3, -0.25) is 9.69 Å². The van der Waals surface area contributed by atoms with Crippen LogP contribution >= 0.6 is 11.3 Å². The van der Waals surface area contributed by atoms with Crippen molar-refractivity contribution >= 4 is 22.2 Å². The van der Waals surface area contributed by atoms with Gasteiger partial charge in [0.25, 0.3) is 5.56 Å². The van der Waals surface area contributed by atoms with Crippen molar-refractivity contribution in [2.24, 2.45) is 0 Å². The second kappa shape index (κ2) is 11.5. The van der Waals surface area contributed by atoms with Gasteiger partial charge >= 0.3 is 0 Å². The van der Waals surface area contributed by atoms with Gasteiger partial charge in [0.05, 0.1) is 12.6 Å². The summed E-state index contributed by atoms with van der Waals surface area (Å²) in [5.41, 5.74) is 2.10. The van der Waals surface area contributed by atoms with Gasteiger partial charge < -0.3 is 9.72 Å². The van der Waals surface area contributed by atoms with Gasteiger partial charge in [0, 0.05) is 34.4 Å². The summed E-state index contributed by atoms with van der Waals surface area (Å²) in [5.74, 6) is 1.38. The first-order valence-electron chi connectivity index (χ1n) is 13.2. The lowest BCUT2D eigenvalue weighted by atomic mass is 9.98. The van der Waals surface area contributed by atoms with Crippen LogP contribution in [0.1, 0.15) is 55.1 Å². The second-order valence-corrected chi connectivity index (χ2v) is 11.3. The zero-order valence-corrected chi connectivity index (χ0v) is 23.6. The Kier molecular flexibility index (Phi) is 7.90. The molecule has 2 aromatic carbocycles. The van der Waals surface area contributed by atoms with E-state index in [0.717, 1.165) is 29.5 Å². The molecular formula is C30H34N6O2S. The molecule has 9 heteroatoms. The quantitative estimate of drug-likeness (QED) is 0.235. The van der Waals surface area contributed by atoms with Crippen molar-refractivity contribution in [1.82, 2.24) is 30.1 Å². The van der Waals surface area contributed by atoms with Crippen molar-refractivity contribution in [1.29, 1.82) is 0 Å². The van der Waals surface area contributed by atoms with Crippen molar-refractivity contribution < 1.29 is 4.74 Å². The highest BCUT2D eigenvalue weighted by Crippen LogP contribution is 2.33. The molecule has 0 aliphatic rings. The lowest BCUT2D eigenvalue weighted by Crippen LogP contribution is -2.39. The minimum atomic E-state index is -0.476. The van der Waals surface area contributed by atoms with Crippen LogP contribution in [0.2, 0.25) is 0 Å². The van der Waals surface area contributed by atoms with Crippen LogP contribution in [0.5, 0.6) is 5.75 Å². The number of thiophene rings is 1. The SMILES string of the molecule is CCC(C)(C)n1nnnc1C(c1cc2cc(OC)ccc2[nH]c1=O)N(CCc1ccccc1)Cc1cccs1. The summed E-state index contributed by atoms with van der Waals surface area (Å²) in [6.07, 6.45) is 1.65.